The molecular weight excluding hydrogens is 454 g/mol. The molecule has 3 aromatic heterocycles. The van der Waals surface area contributed by atoms with Gasteiger partial charge in [0.1, 0.15) is 5.82 Å². The molecule has 0 unspecified atom stereocenters. The molecule has 0 aliphatic rings. The summed E-state index contributed by atoms with van der Waals surface area (Å²) in [6, 6.07) is 16.0. The van der Waals surface area contributed by atoms with Crippen LogP contribution < -0.4 is 5.32 Å². The number of rotatable bonds is 5. The number of hydrogen-bond acceptors (Lipinski definition) is 7. The molecule has 0 spiro atoms. The lowest BCUT2D eigenvalue weighted by Crippen LogP contribution is -2.06. The van der Waals surface area contributed by atoms with Crippen LogP contribution in [-0.4, -0.2) is 28.2 Å². The predicted molar refractivity (Wildman–Crippen MR) is 122 cm³/mol. The van der Waals surface area contributed by atoms with Crippen molar-refractivity contribution >= 4 is 54.5 Å². The third-order valence-electron chi connectivity index (χ3n) is 4.88. The summed E-state index contributed by atoms with van der Waals surface area (Å²) in [6.45, 7) is 2.41. The van der Waals surface area contributed by atoms with E-state index in [0.29, 0.717) is 17.4 Å². The van der Waals surface area contributed by atoms with Crippen LogP contribution in [0.4, 0.5) is 5.82 Å². The number of aromatic nitrogens is 4. The minimum absolute atomic E-state index is 0.156. The van der Waals surface area contributed by atoms with Crippen molar-refractivity contribution in [2.75, 3.05) is 5.32 Å². The normalized spacial score (nSPS) is 11.9. The largest absolute Gasteiger partial charge is 0.365 e. The highest BCUT2D eigenvalue weighted by Crippen LogP contribution is 2.31. The second-order valence-corrected chi connectivity index (χ2v) is 10.2. The molecule has 10 heteroatoms. The number of halogens is 1. The van der Waals surface area contributed by atoms with E-state index in [9.17, 15) is 8.42 Å². The summed E-state index contributed by atoms with van der Waals surface area (Å²) >= 11 is 7.46. The third-order valence-corrected chi connectivity index (χ3v) is 7.71. The molecule has 5 rings (SSSR count). The van der Waals surface area contributed by atoms with Crippen molar-refractivity contribution in [2.45, 2.75) is 23.4 Å². The zero-order valence-electron chi connectivity index (χ0n) is 16.3. The van der Waals surface area contributed by atoms with Gasteiger partial charge in [-0.25, -0.2) is 13.4 Å². The molecule has 0 saturated carbocycles. The number of hydrogen-bond donors (Lipinski definition) is 1. The zero-order chi connectivity index (χ0) is 21.6. The number of nitrogens with zero attached hydrogens (tertiary/aromatic N) is 4. The fourth-order valence-corrected chi connectivity index (χ4v) is 5.43. The molecule has 1 N–H and O–H groups in total. The Morgan fingerprint density at radius 1 is 1.06 bits per heavy atom. The first-order chi connectivity index (χ1) is 14.9. The molecule has 0 bridgehead atoms. The van der Waals surface area contributed by atoms with Gasteiger partial charge < -0.3 is 5.32 Å². The second-order valence-electron chi connectivity index (χ2n) is 7.02. The van der Waals surface area contributed by atoms with Crippen molar-refractivity contribution < 1.29 is 8.42 Å². The van der Waals surface area contributed by atoms with E-state index < -0.39 is 9.84 Å². The molecule has 5 aromatic rings. The lowest BCUT2D eigenvalue weighted by molar-refractivity contribution is 0.592. The van der Waals surface area contributed by atoms with Crippen molar-refractivity contribution in [3.63, 3.8) is 0 Å². The van der Waals surface area contributed by atoms with Crippen molar-refractivity contribution in [3.05, 3.63) is 76.1 Å². The summed E-state index contributed by atoms with van der Waals surface area (Å²) in [4.78, 5) is 4.77. The Morgan fingerprint density at radius 2 is 1.81 bits per heavy atom. The van der Waals surface area contributed by atoms with E-state index in [1.807, 2.05) is 42.6 Å². The van der Waals surface area contributed by atoms with Crippen LogP contribution in [0.15, 0.2) is 69.9 Å². The first-order valence-corrected chi connectivity index (χ1v) is 12.1. The van der Waals surface area contributed by atoms with Crippen LogP contribution in [0.25, 0.3) is 15.9 Å². The summed E-state index contributed by atoms with van der Waals surface area (Å²) in [5, 5.41) is 13.8. The Hall–Kier alpha value is -3.01. The van der Waals surface area contributed by atoms with Crippen LogP contribution in [0.3, 0.4) is 0 Å². The monoisotopic (exact) mass is 469 g/mol. The van der Waals surface area contributed by atoms with Gasteiger partial charge in [0, 0.05) is 11.6 Å². The second kappa shape index (κ2) is 7.60. The maximum absolute atomic E-state index is 13.2. The summed E-state index contributed by atoms with van der Waals surface area (Å²) in [7, 11) is -3.88. The molecule has 0 amide bonds. The van der Waals surface area contributed by atoms with Crippen LogP contribution >= 0.6 is 22.9 Å². The molecule has 0 radical (unpaired) electrons. The summed E-state index contributed by atoms with van der Waals surface area (Å²) in [5.74, 6) is 0.579. The van der Waals surface area contributed by atoms with Crippen molar-refractivity contribution in [3.8, 4) is 0 Å². The number of benzene rings is 2. The van der Waals surface area contributed by atoms with Gasteiger partial charge in [-0.2, -0.15) is 4.52 Å². The van der Waals surface area contributed by atoms with Gasteiger partial charge in [0.15, 0.2) is 5.65 Å². The number of fused-ring (bicyclic) bond motifs is 3. The van der Waals surface area contributed by atoms with E-state index >= 15 is 0 Å². The number of anilines is 1. The van der Waals surface area contributed by atoms with Crippen molar-refractivity contribution in [2.24, 2.45) is 0 Å². The zero-order valence-corrected chi connectivity index (χ0v) is 18.7. The first-order valence-electron chi connectivity index (χ1n) is 9.36. The highest BCUT2D eigenvalue weighted by atomic mass is 35.5. The summed E-state index contributed by atoms with van der Waals surface area (Å²) in [6.07, 6.45) is 0. The number of nitrogens with one attached hydrogen (secondary N) is 1. The molecule has 0 saturated heterocycles. The maximum atomic E-state index is 13.2. The van der Waals surface area contributed by atoms with Gasteiger partial charge >= 0.3 is 0 Å². The fraction of sp³-hybridized carbons (Fsp3) is 0.0952. The third kappa shape index (κ3) is 3.54. The quantitative estimate of drug-likeness (QED) is 0.399. The average molecular weight is 470 g/mol. The van der Waals surface area contributed by atoms with E-state index in [2.05, 4.69) is 20.6 Å². The van der Waals surface area contributed by atoms with Crippen LogP contribution in [0.2, 0.25) is 5.02 Å². The average Bonchev–Trinajstić information content (AvgIpc) is 3.40. The van der Waals surface area contributed by atoms with E-state index in [0.717, 1.165) is 21.3 Å². The Kier molecular flexibility index (Phi) is 4.88. The molecule has 3 heterocycles. The van der Waals surface area contributed by atoms with Crippen molar-refractivity contribution in [1.29, 1.82) is 0 Å². The molecule has 31 heavy (non-hydrogen) atoms. The Bertz CT molecular complexity index is 1510. The van der Waals surface area contributed by atoms with Gasteiger partial charge in [0.25, 0.3) is 0 Å². The molecule has 2 aromatic carbocycles. The Morgan fingerprint density at radius 3 is 2.55 bits per heavy atom. The van der Waals surface area contributed by atoms with Gasteiger partial charge in [-0.05, 0) is 48.2 Å². The van der Waals surface area contributed by atoms with E-state index in [4.69, 9.17) is 11.6 Å². The predicted octanol–water partition coefficient (Wildman–Crippen LogP) is 4.75. The Balaban J connectivity index is 1.61. The van der Waals surface area contributed by atoms with Gasteiger partial charge in [0.05, 0.1) is 15.1 Å². The van der Waals surface area contributed by atoms with Gasteiger partial charge in [-0.15, -0.1) is 16.4 Å². The molecule has 0 aliphatic heterocycles. The van der Waals surface area contributed by atoms with Crippen molar-refractivity contribution in [1.82, 2.24) is 19.8 Å². The van der Waals surface area contributed by atoms with Gasteiger partial charge in [-0.1, -0.05) is 46.6 Å². The van der Waals surface area contributed by atoms with E-state index in [-0.39, 0.29) is 15.6 Å². The lowest BCUT2D eigenvalue weighted by atomic mass is 10.2. The smallest absolute Gasteiger partial charge is 0.229 e. The summed E-state index contributed by atoms with van der Waals surface area (Å²) in [5.41, 5.74) is 2.92. The minimum atomic E-state index is -3.88. The number of aryl methyl sites for hydroxylation is 1. The SMILES string of the molecule is Cc1ccc(S(=O)(=O)c2nnn3c2nc(NCc2ccc(Cl)cc2)c2sccc23)cc1. The lowest BCUT2D eigenvalue weighted by Gasteiger charge is -2.08. The molecular formula is C21H16ClN5O2S2. The highest BCUT2D eigenvalue weighted by molar-refractivity contribution is 7.91. The minimum Gasteiger partial charge on any atom is -0.365 e. The topological polar surface area (TPSA) is 89.2 Å². The van der Waals surface area contributed by atoms with Crippen LogP contribution in [0.1, 0.15) is 11.1 Å². The van der Waals surface area contributed by atoms with E-state index in [1.54, 1.807) is 24.3 Å². The van der Waals surface area contributed by atoms with Gasteiger partial charge in [0.2, 0.25) is 14.9 Å². The molecule has 0 atom stereocenters. The van der Waals surface area contributed by atoms with Crippen LogP contribution in [0, 0.1) is 6.92 Å². The number of sulfone groups is 1. The number of thiophene rings is 1. The van der Waals surface area contributed by atoms with Crippen LogP contribution in [-0.2, 0) is 16.4 Å². The molecule has 0 aliphatic carbocycles. The van der Waals surface area contributed by atoms with Gasteiger partial charge in [-0.3, -0.25) is 0 Å². The fourth-order valence-electron chi connectivity index (χ4n) is 3.23. The summed E-state index contributed by atoms with van der Waals surface area (Å²) < 4.78 is 28.8. The Labute approximate surface area is 187 Å². The first kappa shape index (κ1) is 19.9. The highest BCUT2D eigenvalue weighted by Gasteiger charge is 2.27. The maximum Gasteiger partial charge on any atom is 0.229 e. The van der Waals surface area contributed by atoms with Crippen LogP contribution in [0.5, 0.6) is 0 Å². The molecule has 156 valence electrons. The molecule has 0 fully saturated rings. The molecule has 7 nitrogen and oxygen atoms in total. The van der Waals surface area contributed by atoms with E-state index in [1.165, 1.54) is 15.9 Å². The standard InChI is InChI=1S/C21H16ClN5O2S2/c1-13-2-8-16(9-3-13)31(28,29)21-20-24-19(23-12-14-4-6-15(22)7-5-14)18-17(10-11-30-18)27(20)26-25-21/h2-11H,12H2,1H3,(H,23,24).